The van der Waals surface area contributed by atoms with Crippen molar-refractivity contribution in [2.24, 2.45) is 0 Å². The van der Waals surface area contributed by atoms with Gasteiger partial charge in [-0.2, -0.15) is 4.31 Å². The minimum atomic E-state index is -3.61. The molecule has 0 aromatic heterocycles. The van der Waals surface area contributed by atoms with Gasteiger partial charge in [-0.15, -0.1) is 0 Å². The second-order valence-electron chi connectivity index (χ2n) is 7.40. The predicted molar refractivity (Wildman–Crippen MR) is 123 cm³/mol. The predicted octanol–water partition coefficient (Wildman–Crippen LogP) is 3.41. The number of carbonyl (C=O) groups excluding carboxylic acids is 1. The number of carbonyl (C=O) groups is 1. The van der Waals surface area contributed by atoms with Crippen molar-refractivity contribution in [3.63, 3.8) is 0 Å². The molecule has 7 nitrogen and oxygen atoms in total. The number of nitrogens with zero attached hydrogens (tertiary/aromatic N) is 2. The first-order valence-corrected chi connectivity index (χ1v) is 11.9. The highest BCUT2D eigenvalue weighted by Crippen LogP contribution is 2.25. The van der Waals surface area contributed by atoms with Gasteiger partial charge < -0.3 is 14.4 Å². The number of methoxy groups -OCH3 is 1. The van der Waals surface area contributed by atoms with E-state index in [-0.39, 0.29) is 30.5 Å². The SMILES string of the molecule is COc1ccc2ccc(OCC(=O)N3CCN(S(=O)(=O)c4ccc(Cl)cc4)CC3)cc2c1. The van der Waals surface area contributed by atoms with Crippen LogP contribution in [0.4, 0.5) is 0 Å². The maximum absolute atomic E-state index is 12.8. The van der Waals surface area contributed by atoms with Gasteiger partial charge in [0.15, 0.2) is 6.61 Å². The first kappa shape index (κ1) is 22.4. The molecule has 4 rings (SSSR count). The molecule has 3 aromatic carbocycles. The molecular formula is C23H23ClN2O5S. The fourth-order valence-corrected chi connectivity index (χ4v) is 5.14. The van der Waals surface area contributed by atoms with Gasteiger partial charge in [0.25, 0.3) is 5.91 Å². The van der Waals surface area contributed by atoms with Crippen molar-refractivity contribution in [3.05, 3.63) is 65.7 Å². The van der Waals surface area contributed by atoms with E-state index in [1.54, 1.807) is 24.1 Å². The lowest BCUT2D eigenvalue weighted by atomic mass is 10.1. The van der Waals surface area contributed by atoms with Crippen molar-refractivity contribution >= 4 is 38.3 Å². The molecule has 0 atom stereocenters. The summed E-state index contributed by atoms with van der Waals surface area (Å²) in [7, 11) is -2.00. The monoisotopic (exact) mass is 474 g/mol. The molecule has 1 saturated heterocycles. The third kappa shape index (κ3) is 4.82. The van der Waals surface area contributed by atoms with Gasteiger partial charge in [0.05, 0.1) is 12.0 Å². The summed E-state index contributed by atoms with van der Waals surface area (Å²) in [6, 6.07) is 17.4. The number of hydrogen-bond donors (Lipinski definition) is 0. The first-order chi connectivity index (χ1) is 15.4. The van der Waals surface area contributed by atoms with Crippen LogP contribution in [0.1, 0.15) is 0 Å². The summed E-state index contributed by atoms with van der Waals surface area (Å²) in [6.45, 7) is 0.964. The molecule has 0 saturated carbocycles. The van der Waals surface area contributed by atoms with Crippen LogP contribution in [-0.2, 0) is 14.8 Å². The molecule has 0 spiro atoms. The summed E-state index contributed by atoms with van der Waals surface area (Å²) in [5.74, 6) is 1.15. The number of benzene rings is 3. The summed E-state index contributed by atoms with van der Waals surface area (Å²) in [5.41, 5.74) is 0. The van der Waals surface area contributed by atoms with Crippen molar-refractivity contribution in [1.82, 2.24) is 9.21 Å². The average Bonchev–Trinajstić information content (AvgIpc) is 2.82. The fourth-order valence-electron chi connectivity index (χ4n) is 3.59. The second kappa shape index (κ2) is 9.36. The van der Waals surface area contributed by atoms with E-state index in [0.717, 1.165) is 16.5 Å². The van der Waals surface area contributed by atoms with Crippen LogP contribution in [0.2, 0.25) is 5.02 Å². The van der Waals surface area contributed by atoms with Crippen LogP contribution in [0.3, 0.4) is 0 Å². The Kier molecular flexibility index (Phi) is 6.55. The van der Waals surface area contributed by atoms with Gasteiger partial charge in [-0.1, -0.05) is 23.7 Å². The summed E-state index contributed by atoms with van der Waals surface area (Å²) in [4.78, 5) is 14.4. The lowest BCUT2D eigenvalue weighted by Gasteiger charge is -2.34. The summed E-state index contributed by atoms with van der Waals surface area (Å²) in [6.07, 6.45) is 0. The molecule has 1 aliphatic rings. The molecule has 0 bridgehead atoms. The number of fused-ring (bicyclic) bond motifs is 1. The topological polar surface area (TPSA) is 76.2 Å². The Bertz CT molecular complexity index is 1220. The normalized spacial score (nSPS) is 15.0. The molecule has 3 aromatic rings. The Morgan fingerprint density at radius 2 is 1.53 bits per heavy atom. The standard InChI is InChI=1S/C23H23ClN2O5S/c1-30-20-6-2-17-3-7-21(15-18(17)14-20)31-16-23(27)25-10-12-26(13-11-25)32(28,29)22-8-4-19(24)5-9-22/h2-9,14-15H,10-13,16H2,1H3. The Labute approximate surface area is 192 Å². The smallest absolute Gasteiger partial charge is 0.260 e. The zero-order chi connectivity index (χ0) is 22.7. The molecule has 168 valence electrons. The third-order valence-corrected chi connectivity index (χ3v) is 7.59. The van der Waals surface area contributed by atoms with E-state index in [9.17, 15) is 13.2 Å². The number of rotatable bonds is 6. The zero-order valence-electron chi connectivity index (χ0n) is 17.5. The van der Waals surface area contributed by atoms with Crippen molar-refractivity contribution in [2.45, 2.75) is 4.90 Å². The van der Waals surface area contributed by atoms with Crippen molar-refractivity contribution in [1.29, 1.82) is 0 Å². The van der Waals surface area contributed by atoms with E-state index >= 15 is 0 Å². The van der Waals surface area contributed by atoms with E-state index in [0.29, 0.717) is 23.9 Å². The van der Waals surface area contributed by atoms with Crippen LogP contribution in [0, 0.1) is 0 Å². The Hall–Kier alpha value is -2.81. The maximum Gasteiger partial charge on any atom is 0.260 e. The number of sulfonamides is 1. The summed E-state index contributed by atoms with van der Waals surface area (Å²) < 4.78 is 37.9. The summed E-state index contributed by atoms with van der Waals surface area (Å²) in [5, 5.41) is 2.47. The number of piperazine rings is 1. The van der Waals surface area contributed by atoms with Crippen LogP contribution in [0.15, 0.2) is 65.6 Å². The number of ether oxygens (including phenoxy) is 2. The second-order valence-corrected chi connectivity index (χ2v) is 9.78. The molecule has 9 heteroatoms. The quantitative estimate of drug-likeness (QED) is 0.547. The maximum atomic E-state index is 12.8. The minimum Gasteiger partial charge on any atom is -0.497 e. The van der Waals surface area contributed by atoms with Gasteiger partial charge in [0.2, 0.25) is 10.0 Å². The molecule has 1 fully saturated rings. The number of halogens is 1. The molecule has 0 aliphatic carbocycles. The van der Waals surface area contributed by atoms with E-state index in [4.69, 9.17) is 21.1 Å². The highest BCUT2D eigenvalue weighted by atomic mass is 35.5. The molecule has 32 heavy (non-hydrogen) atoms. The molecule has 0 N–H and O–H groups in total. The Morgan fingerprint density at radius 3 is 2.19 bits per heavy atom. The first-order valence-electron chi connectivity index (χ1n) is 10.1. The van der Waals surface area contributed by atoms with Crippen LogP contribution >= 0.6 is 11.6 Å². The lowest BCUT2D eigenvalue weighted by Crippen LogP contribution is -2.51. The molecule has 1 heterocycles. The van der Waals surface area contributed by atoms with Gasteiger partial charge in [0, 0.05) is 31.2 Å². The third-order valence-electron chi connectivity index (χ3n) is 5.42. The molecule has 1 amide bonds. The van der Waals surface area contributed by atoms with E-state index in [2.05, 4.69) is 0 Å². The molecular weight excluding hydrogens is 452 g/mol. The molecule has 1 aliphatic heterocycles. The highest BCUT2D eigenvalue weighted by Gasteiger charge is 2.30. The van der Waals surface area contributed by atoms with Crippen molar-refractivity contribution in [3.8, 4) is 11.5 Å². The lowest BCUT2D eigenvalue weighted by molar-refractivity contribution is -0.134. The minimum absolute atomic E-state index is 0.112. The Balaban J connectivity index is 1.34. The van der Waals surface area contributed by atoms with Gasteiger partial charge in [-0.05, 0) is 59.3 Å². The van der Waals surface area contributed by atoms with Gasteiger partial charge >= 0.3 is 0 Å². The summed E-state index contributed by atoms with van der Waals surface area (Å²) >= 11 is 5.85. The van der Waals surface area contributed by atoms with E-state index in [1.807, 2.05) is 36.4 Å². The van der Waals surface area contributed by atoms with Gasteiger partial charge in [-0.3, -0.25) is 4.79 Å². The van der Waals surface area contributed by atoms with Gasteiger partial charge in [-0.25, -0.2) is 8.42 Å². The van der Waals surface area contributed by atoms with Crippen molar-refractivity contribution in [2.75, 3.05) is 39.9 Å². The fraction of sp³-hybridized carbons (Fsp3) is 0.261. The molecule has 0 unspecified atom stereocenters. The van der Waals surface area contributed by atoms with Crippen LogP contribution < -0.4 is 9.47 Å². The van der Waals surface area contributed by atoms with E-state index < -0.39 is 10.0 Å². The number of amides is 1. The van der Waals surface area contributed by atoms with Crippen LogP contribution in [0.5, 0.6) is 11.5 Å². The van der Waals surface area contributed by atoms with E-state index in [1.165, 1.54) is 16.4 Å². The largest absolute Gasteiger partial charge is 0.497 e. The van der Waals surface area contributed by atoms with Crippen LogP contribution in [-0.4, -0.2) is 63.4 Å². The Morgan fingerprint density at radius 1 is 0.906 bits per heavy atom. The van der Waals surface area contributed by atoms with Crippen molar-refractivity contribution < 1.29 is 22.7 Å². The van der Waals surface area contributed by atoms with Gasteiger partial charge in [0.1, 0.15) is 11.5 Å². The molecule has 0 radical (unpaired) electrons. The highest BCUT2D eigenvalue weighted by molar-refractivity contribution is 7.89. The zero-order valence-corrected chi connectivity index (χ0v) is 19.1. The van der Waals surface area contributed by atoms with Crippen LogP contribution in [0.25, 0.3) is 10.8 Å². The number of hydrogen-bond acceptors (Lipinski definition) is 5. The average molecular weight is 475 g/mol.